The lowest BCUT2D eigenvalue weighted by molar-refractivity contribution is 0.493. The first kappa shape index (κ1) is 12.6. The fourth-order valence-electron chi connectivity index (χ4n) is 2.32. The van der Waals surface area contributed by atoms with Gasteiger partial charge in [0.15, 0.2) is 5.82 Å². The first-order valence-electron chi connectivity index (χ1n) is 6.46. The molecule has 1 aromatic carbocycles. The summed E-state index contributed by atoms with van der Waals surface area (Å²) in [5, 5.41) is 2.89. The molecule has 20 heavy (non-hydrogen) atoms. The zero-order valence-corrected chi connectivity index (χ0v) is 11.8. The summed E-state index contributed by atoms with van der Waals surface area (Å²) in [4.78, 5) is 8.71. The minimum Gasteiger partial charge on any atom is -0.328 e. The van der Waals surface area contributed by atoms with E-state index >= 15 is 0 Å². The van der Waals surface area contributed by atoms with Crippen LogP contribution in [0, 0.1) is 0 Å². The van der Waals surface area contributed by atoms with Crippen molar-refractivity contribution in [1.29, 1.82) is 0 Å². The first-order chi connectivity index (χ1) is 9.66. The molecule has 0 aliphatic carbocycles. The second kappa shape index (κ2) is 4.94. The van der Waals surface area contributed by atoms with Gasteiger partial charge in [-0.2, -0.15) is 0 Å². The fraction of sp³-hybridized carbons (Fsp3) is 0.200. The molecule has 0 fully saturated rings. The molecular weight excluding hydrogens is 250 g/mol. The van der Waals surface area contributed by atoms with Gasteiger partial charge in [0.2, 0.25) is 0 Å². The monoisotopic (exact) mass is 267 g/mol. The Labute approximate surface area is 117 Å². The smallest absolute Gasteiger partial charge is 0.153 e. The molecule has 1 N–H and O–H groups in total. The Kier molecular flexibility index (Phi) is 3.12. The molecule has 0 saturated heterocycles. The van der Waals surface area contributed by atoms with Crippen LogP contribution in [-0.4, -0.2) is 33.6 Å². The van der Waals surface area contributed by atoms with Gasteiger partial charge in [0.25, 0.3) is 0 Å². The molecule has 0 spiro atoms. The van der Waals surface area contributed by atoms with E-state index in [-0.39, 0.29) is 0 Å². The maximum Gasteiger partial charge on any atom is 0.153 e. The van der Waals surface area contributed by atoms with Gasteiger partial charge in [0.1, 0.15) is 12.0 Å². The summed E-state index contributed by atoms with van der Waals surface area (Å²) in [7, 11) is 5.90. The number of rotatable bonds is 3. The van der Waals surface area contributed by atoms with Crippen molar-refractivity contribution >= 4 is 16.9 Å². The quantitative estimate of drug-likeness (QED) is 0.741. The van der Waals surface area contributed by atoms with Crippen LogP contribution in [0.25, 0.3) is 22.3 Å². The molecule has 0 unspecified atom stereocenters. The Hall–Kier alpha value is -2.40. The highest BCUT2D eigenvalue weighted by Crippen LogP contribution is 2.29. The molecule has 0 aliphatic heterocycles. The summed E-state index contributed by atoms with van der Waals surface area (Å²) in [6.07, 6.45) is 1.59. The zero-order valence-electron chi connectivity index (χ0n) is 11.8. The molecule has 102 valence electrons. The van der Waals surface area contributed by atoms with Crippen molar-refractivity contribution in [3.05, 3.63) is 42.7 Å². The minimum atomic E-state index is 0.817. The van der Waals surface area contributed by atoms with Gasteiger partial charge in [-0.15, -0.1) is 0 Å². The molecule has 3 rings (SSSR count). The molecule has 0 saturated carbocycles. The lowest BCUT2D eigenvalue weighted by Crippen LogP contribution is -2.20. The predicted octanol–water partition coefficient (Wildman–Crippen LogP) is 2.52. The molecule has 5 nitrogen and oxygen atoms in total. The summed E-state index contributed by atoms with van der Waals surface area (Å²) < 4.78 is 2.09. The van der Waals surface area contributed by atoms with Crippen molar-refractivity contribution in [3.63, 3.8) is 0 Å². The van der Waals surface area contributed by atoms with E-state index in [9.17, 15) is 0 Å². The van der Waals surface area contributed by atoms with Gasteiger partial charge in [0.05, 0.1) is 11.1 Å². The molecular formula is C15H17N5. The van der Waals surface area contributed by atoms with E-state index in [1.165, 1.54) is 5.56 Å². The van der Waals surface area contributed by atoms with Crippen molar-refractivity contribution in [2.24, 2.45) is 7.05 Å². The molecule has 0 atom stereocenters. The van der Waals surface area contributed by atoms with Crippen LogP contribution in [0.1, 0.15) is 0 Å². The lowest BCUT2D eigenvalue weighted by Gasteiger charge is -2.12. The normalized spacial score (nSPS) is 11.2. The average molecular weight is 267 g/mol. The van der Waals surface area contributed by atoms with Gasteiger partial charge in [-0.1, -0.05) is 30.3 Å². The van der Waals surface area contributed by atoms with Gasteiger partial charge in [-0.25, -0.2) is 15.0 Å². The van der Waals surface area contributed by atoms with E-state index in [0.29, 0.717) is 0 Å². The number of nitrogens with one attached hydrogen (secondary N) is 1. The predicted molar refractivity (Wildman–Crippen MR) is 81.3 cm³/mol. The third-order valence-corrected chi connectivity index (χ3v) is 3.22. The van der Waals surface area contributed by atoms with Crippen LogP contribution in [0.4, 0.5) is 5.82 Å². The third kappa shape index (κ3) is 2.12. The number of aromatic nitrogens is 3. The lowest BCUT2D eigenvalue weighted by atomic mass is 10.1. The van der Waals surface area contributed by atoms with Crippen LogP contribution in [-0.2, 0) is 7.05 Å². The standard InChI is InChI=1S/C15H17N5/c1-19(2)18-14-12-9-13(11-7-5-4-6-8-11)20(3)15(12)17-10-16-14/h4-10H,1-3H3,(H,16,17,18). The Morgan fingerprint density at radius 2 is 1.85 bits per heavy atom. The molecule has 2 heterocycles. The second-order valence-corrected chi connectivity index (χ2v) is 4.92. The maximum atomic E-state index is 4.39. The van der Waals surface area contributed by atoms with Crippen molar-refractivity contribution in [3.8, 4) is 11.3 Å². The maximum absolute atomic E-state index is 4.39. The Bertz CT molecular complexity index is 731. The summed E-state index contributed by atoms with van der Waals surface area (Å²) in [6, 6.07) is 12.4. The molecule has 3 aromatic rings. The number of fused-ring (bicyclic) bond motifs is 1. The number of benzene rings is 1. The van der Waals surface area contributed by atoms with E-state index < -0.39 is 0 Å². The highest BCUT2D eigenvalue weighted by atomic mass is 15.5. The second-order valence-electron chi connectivity index (χ2n) is 4.92. The number of nitrogens with zero attached hydrogens (tertiary/aromatic N) is 4. The van der Waals surface area contributed by atoms with Crippen molar-refractivity contribution in [1.82, 2.24) is 19.5 Å². The van der Waals surface area contributed by atoms with Gasteiger partial charge < -0.3 is 9.99 Å². The fourth-order valence-corrected chi connectivity index (χ4v) is 2.32. The van der Waals surface area contributed by atoms with Crippen LogP contribution in [0.3, 0.4) is 0 Å². The van der Waals surface area contributed by atoms with Crippen LogP contribution in [0.2, 0.25) is 0 Å². The Morgan fingerprint density at radius 3 is 2.55 bits per heavy atom. The first-order valence-corrected chi connectivity index (χ1v) is 6.46. The summed E-state index contributed by atoms with van der Waals surface area (Å²) in [6.45, 7) is 0. The number of aryl methyl sites for hydroxylation is 1. The summed E-state index contributed by atoms with van der Waals surface area (Å²) >= 11 is 0. The van der Waals surface area contributed by atoms with Crippen LogP contribution < -0.4 is 5.43 Å². The summed E-state index contributed by atoms with van der Waals surface area (Å²) in [5.74, 6) is 0.817. The van der Waals surface area contributed by atoms with E-state index in [2.05, 4.69) is 38.2 Å². The Morgan fingerprint density at radius 1 is 1.10 bits per heavy atom. The molecule has 0 radical (unpaired) electrons. The van der Waals surface area contributed by atoms with Crippen molar-refractivity contribution in [2.45, 2.75) is 0 Å². The number of anilines is 1. The van der Waals surface area contributed by atoms with Crippen LogP contribution in [0.5, 0.6) is 0 Å². The molecule has 0 amide bonds. The zero-order chi connectivity index (χ0) is 14.1. The van der Waals surface area contributed by atoms with Gasteiger partial charge in [0, 0.05) is 21.1 Å². The van der Waals surface area contributed by atoms with Crippen LogP contribution >= 0.6 is 0 Å². The largest absolute Gasteiger partial charge is 0.328 e. The minimum absolute atomic E-state index is 0.817. The molecule has 5 heteroatoms. The molecule has 2 aromatic heterocycles. The number of hydrazine groups is 1. The SMILES string of the molecule is CN(C)Nc1ncnc2c1cc(-c1ccccc1)n2C. The van der Waals surface area contributed by atoms with E-state index in [4.69, 9.17) is 0 Å². The number of hydrogen-bond acceptors (Lipinski definition) is 4. The topological polar surface area (TPSA) is 46.0 Å². The van der Waals surface area contributed by atoms with Crippen molar-refractivity contribution in [2.75, 3.05) is 19.5 Å². The highest BCUT2D eigenvalue weighted by Gasteiger charge is 2.12. The van der Waals surface area contributed by atoms with Crippen molar-refractivity contribution < 1.29 is 0 Å². The third-order valence-electron chi connectivity index (χ3n) is 3.22. The van der Waals surface area contributed by atoms with Gasteiger partial charge in [-0.3, -0.25) is 0 Å². The van der Waals surface area contributed by atoms with E-state index in [1.54, 1.807) is 6.33 Å². The number of hydrogen-bond donors (Lipinski definition) is 1. The summed E-state index contributed by atoms with van der Waals surface area (Å²) in [5.41, 5.74) is 6.43. The van der Waals surface area contributed by atoms with E-state index in [1.807, 2.05) is 44.4 Å². The highest BCUT2D eigenvalue weighted by molar-refractivity contribution is 5.92. The van der Waals surface area contributed by atoms with E-state index in [0.717, 1.165) is 22.5 Å². The Balaban J connectivity index is 2.19. The molecule has 0 bridgehead atoms. The van der Waals surface area contributed by atoms with Gasteiger partial charge >= 0.3 is 0 Å². The van der Waals surface area contributed by atoms with Gasteiger partial charge in [-0.05, 0) is 11.6 Å². The van der Waals surface area contributed by atoms with Crippen LogP contribution in [0.15, 0.2) is 42.7 Å². The molecule has 0 aliphatic rings. The average Bonchev–Trinajstić information content (AvgIpc) is 2.78.